The lowest BCUT2D eigenvalue weighted by atomic mass is 10.1. The van der Waals surface area contributed by atoms with Gasteiger partial charge in [0.05, 0.1) is 20.3 Å². The maximum Gasteiger partial charge on any atom is 0.353 e. The topological polar surface area (TPSA) is 73.9 Å². The highest BCUT2D eigenvalue weighted by molar-refractivity contribution is 7.54. The molecule has 0 aliphatic rings. The molecule has 1 rings (SSSR count). The number of rotatable bonds is 9. The van der Waals surface area contributed by atoms with E-state index >= 15 is 0 Å². The molecule has 1 N–H and O–H groups in total. The summed E-state index contributed by atoms with van der Waals surface area (Å²) in [5.41, 5.74) is 0.902. The number of carbonyl (C=O) groups excluding carboxylic acids is 1. The minimum absolute atomic E-state index is 0.246. The Bertz CT molecular complexity index is 507. The molecule has 0 unspecified atom stereocenters. The van der Waals surface area contributed by atoms with E-state index in [1.165, 1.54) is 6.92 Å². The second-order valence-corrected chi connectivity index (χ2v) is 6.86. The van der Waals surface area contributed by atoms with Crippen LogP contribution in [0.4, 0.5) is 0 Å². The molecular formula is C15H24NO5P. The normalized spacial score (nSPS) is 12.7. The monoisotopic (exact) mass is 329 g/mol. The minimum Gasteiger partial charge on any atom is -0.497 e. The third-order valence-corrected chi connectivity index (χ3v) is 5.27. The van der Waals surface area contributed by atoms with Gasteiger partial charge in [0.1, 0.15) is 11.5 Å². The molecule has 22 heavy (non-hydrogen) atoms. The Morgan fingerprint density at radius 3 is 2.14 bits per heavy atom. The highest BCUT2D eigenvalue weighted by Gasteiger charge is 2.36. The molecule has 0 spiro atoms. The maximum absolute atomic E-state index is 12.9. The van der Waals surface area contributed by atoms with E-state index < -0.39 is 13.4 Å². The minimum atomic E-state index is -3.43. The predicted molar refractivity (Wildman–Crippen MR) is 85.2 cm³/mol. The summed E-state index contributed by atoms with van der Waals surface area (Å²) in [7, 11) is -1.84. The zero-order valence-electron chi connectivity index (χ0n) is 13.5. The number of nitrogens with one attached hydrogen (secondary N) is 1. The van der Waals surface area contributed by atoms with Gasteiger partial charge in [-0.15, -0.1) is 0 Å². The number of hydrogen-bond acceptors (Lipinski definition) is 5. The Morgan fingerprint density at radius 1 is 1.18 bits per heavy atom. The van der Waals surface area contributed by atoms with Gasteiger partial charge in [0.2, 0.25) is 5.91 Å². The lowest BCUT2D eigenvalue weighted by Crippen LogP contribution is -2.36. The van der Waals surface area contributed by atoms with Crippen LogP contribution < -0.4 is 10.1 Å². The second kappa shape index (κ2) is 8.93. The molecule has 0 heterocycles. The van der Waals surface area contributed by atoms with Crippen molar-refractivity contribution in [3.63, 3.8) is 0 Å². The van der Waals surface area contributed by atoms with E-state index in [2.05, 4.69) is 5.32 Å². The van der Waals surface area contributed by atoms with Crippen molar-refractivity contribution in [2.45, 2.75) is 33.0 Å². The van der Waals surface area contributed by atoms with Gasteiger partial charge >= 0.3 is 7.60 Å². The third kappa shape index (κ3) is 5.44. The molecule has 0 fully saturated rings. The lowest BCUT2D eigenvalue weighted by molar-refractivity contribution is -0.119. The van der Waals surface area contributed by atoms with E-state index in [-0.39, 0.29) is 19.1 Å². The van der Waals surface area contributed by atoms with Crippen LogP contribution >= 0.6 is 7.60 Å². The first-order valence-corrected chi connectivity index (χ1v) is 8.85. The number of carbonyl (C=O) groups is 1. The van der Waals surface area contributed by atoms with Crippen molar-refractivity contribution in [1.82, 2.24) is 5.32 Å². The van der Waals surface area contributed by atoms with Gasteiger partial charge in [-0.3, -0.25) is 9.36 Å². The molecule has 1 aromatic carbocycles. The highest BCUT2D eigenvalue weighted by atomic mass is 31.2. The van der Waals surface area contributed by atoms with E-state index in [1.54, 1.807) is 21.0 Å². The van der Waals surface area contributed by atoms with Crippen molar-refractivity contribution < 1.29 is 23.1 Å². The highest BCUT2D eigenvalue weighted by Crippen LogP contribution is 2.52. The van der Waals surface area contributed by atoms with Crippen LogP contribution in [0.25, 0.3) is 0 Å². The Balaban J connectivity index is 2.99. The van der Waals surface area contributed by atoms with Crippen molar-refractivity contribution in [3.05, 3.63) is 29.8 Å². The van der Waals surface area contributed by atoms with E-state index in [0.29, 0.717) is 6.42 Å². The number of amides is 1. The molecule has 0 radical (unpaired) electrons. The lowest BCUT2D eigenvalue weighted by Gasteiger charge is -2.26. The van der Waals surface area contributed by atoms with Crippen LogP contribution in [0.15, 0.2) is 24.3 Å². The van der Waals surface area contributed by atoms with Crippen LogP contribution in [0.2, 0.25) is 0 Å². The molecule has 1 amide bonds. The van der Waals surface area contributed by atoms with E-state index in [1.807, 2.05) is 24.3 Å². The fourth-order valence-corrected chi connectivity index (χ4v) is 3.97. The number of ether oxygens (including phenoxy) is 1. The number of methoxy groups -OCH3 is 1. The first-order chi connectivity index (χ1) is 10.4. The first kappa shape index (κ1) is 18.7. The van der Waals surface area contributed by atoms with Gasteiger partial charge in [-0.25, -0.2) is 0 Å². The van der Waals surface area contributed by atoms with Gasteiger partial charge in [-0.05, 0) is 31.5 Å². The van der Waals surface area contributed by atoms with Gasteiger partial charge in [-0.2, -0.15) is 0 Å². The maximum atomic E-state index is 12.9. The molecule has 0 aromatic heterocycles. The van der Waals surface area contributed by atoms with Gasteiger partial charge < -0.3 is 19.1 Å². The Morgan fingerprint density at radius 2 is 1.73 bits per heavy atom. The molecule has 124 valence electrons. The summed E-state index contributed by atoms with van der Waals surface area (Å²) in [6.07, 6.45) is 0.348. The fourth-order valence-electron chi connectivity index (χ4n) is 2.04. The predicted octanol–water partition coefficient (Wildman–Crippen LogP) is 2.97. The van der Waals surface area contributed by atoms with E-state index in [4.69, 9.17) is 13.8 Å². The van der Waals surface area contributed by atoms with E-state index in [0.717, 1.165) is 11.3 Å². The Kier molecular flexibility index (Phi) is 7.59. The van der Waals surface area contributed by atoms with Gasteiger partial charge in [0.15, 0.2) is 0 Å². The molecule has 6 nitrogen and oxygen atoms in total. The summed E-state index contributed by atoms with van der Waals surface area (Å²) < 4.78 is 28.7. The van der Waals surface area contributed by atoms with Crippen LogP contribution in [0.3, 0.4) is 0 Å². The van der Waals surface area contributed by atoms with Crippen molar-refractivity contribution >= 4 is 13.5 Å². The molecule has 0 saturated heterocycles. The summed E-state index contributed by atoms with van der Waals surface area (Å²) in [6.45, 7) is 5.35. The smallest absolute Gasteiger partial charge is 0.353 e. The average molecular weight is 329 g/mol. The standard InChI is InChI=1S/C15H24NO5P/c1-5-20-22(18,21-6-2)15(16-12(3)17)11-13-7-9-14(19-4)10-8-13/h7-10,15H,5-6,11H2,1-4H3,(H,16,17)/t15-/m1/s1. The van der Waals surface area contributed by atoms with Gasteiger partial charge in [0, 0.05) is 13.3 Å². The van der Waals surface area contributed by atoms with Crippen LogP contribution in [-0.2, 0) is 24.8 Å². The Hall–Kier alpha value is -1.36. The number of hydrogen-bond donors (Lipinski definition) is 1. The molecule has 7 heteroatoms. The average Bonchev–Trinajstić information content (AvgIpc) is 2.47. The van der Waals surface area contributed by atoms with Gasteiger partial charge in [0.25, 0.3) is 0 Å². The third-order valence-electron chi connectivity index (χ3n) is 2.96. The van der Waals surface area contributed by atoms with Gasteiger partial charge in [-0.1, -0.05) is 12.1 Å². The largest absolute Gasteiger partial charge is 0.497 e. The molecule has 1 aromatic rings. The Labute approximate surface area is 131 Å². The summed E-state index contributed by atoms with van der Waals surface area (Å²) >= 11 is 0. The van der Waals surface area contributed by atoms with Crippen LogP contribution in [-0.4, -0.2) is 32.0 Å². The molecule has 1 atom stereocenters. The first-order valence-electron chi connectivity index (χ1n) is 7.24. The van der Waals surface area contributed by atoms with Crippen molar-refractivity contribution in [1.29, 1.82) is 0 Å². The molecule has 0 aliphatic carbocycles. The second-order valence-electron chi connectivity index (χ2n) is 4.64. The summed E-state index contributed by atoms with van der Waals surface area (Å²) in [4.78, 5) is 11.4. The molecule has 0 saturated carbocycles. The fraction of sp³-hybridized carbons (Fsp3) is 0.533. The van der Waals surface area contributed by atoms with E-state index in [9.17, 15) is 9.36 Å². The summed E-state index contributed by atoms with van der Waals surface area (Å²) in [5, 5.41) is 2.68. The summed E-state index contributed by atoms with van der Waals surface area (Å²) in [6, 6.07) is 7.34. The zero-order valence-corrected chi connectivity index (χ0v) is 14.4. The van der Waals surface area contributed by atoms with Crippen LogP contribution in [0.1, 0.15) is 26.3 Å². The quantitative estimate of drug-likeness (QED) is 0.705. The summed E-state index contributed by atoms with van der Waals surface area (Å²) in [5.74, 6) is -0.269. The van der Waals surface area contributed by atoms with Crippen LogP contribution in [0.5, 0.6) is 5.75 Å². The zero-order chi connectivity index (χ0) is 16.6. The van der Waals surface area contributed by atoms with Crippen molar-refractivity contribution in [2.24, 2.45) is 0 Å². The SMILES string of the molecule is CCOP(=O)(OCC)[C@H](Cc1ccc(OC)cc1)NC(C)=O. The molecular weight excluding hydrogens is 305 g/mol. The van der Waals surface area contributed by atoms with Crippen LogP contribution in [0, 0.1) is 0 Å². The molecule has 0 bridgehead atoms. The number of benzene rings is 1. The van der Waals surface area contributed by atoms with Crippen molar-refractivity contribution in [2.75, 3.05) is 20.3 Å². The molecule has 0 aliphatic heterocycles. The van der Waals surface area contributed by atoms with Crippen molar-refractivity contribution in [3.8, 4) is 5.75 Å².